The van der Waals surface area contributed by atoms with Crippen LogP contribution in [0.4, 0.5) is 0 Å². The molecule has 14 aromatic carbocycles. The Morgan fingerprint density at radius 2 is 0.605 bits per heavy atom. The van der Waals surface area contributed by atoms with Crippen LogP contribution in [-0.4, -0.2) is 14.1 Å². The van der Waals surface area contributed by atoms with E-state index in [0.717, 1.165) is 83.5 Å². The molecule has 4 nitrogen and oxygen atoms in total. The first-order valence-corrected chi connectivity index (χ1v) is 27.8. The average molecular weight is 1030 g/mol. The minimum Gasteiger partial charge on any atom is -0.456 e. The van der Waals surface area contributed by atoms with Gasteiger partial charge in [0.2, 0.25) is 0 Å². The van der Waals surface area contributed by atoms with E-state index in [0.29, 0.717) is 0 Å². The Labute approximate surface area is 464 Å². The van der Waals surface area contributed by atoms with Gasteiger partial charge >= 0.3 is 0 Å². The largest absolute Gasteiger partial charge is 0.456 e. The summed E-state index contributed by atoms with van der Waals surface area (Å²) in [7, 11) is 0. The molecule has 0 aliphatic carbocycles. The molecule has 0 amide bonds. The van der Waals surface area contributed by atoms with Gasteiger partial charge in [-0.3, -0.25) is 4.57 Å². The van der Waals surface area contributed by atoms with Crippen LogP contribution in [0.5, 0.6) is 0 Å². The molecule has 81 heavy (non-hydrogen) atoms. The predicted octanol–water partition coefficient (Wildman–Crippen LogP) is 21.1. The number of rotatable bonds is 5. The predicted molar refractivity (Wildman–Crippen MR) is 342 cm³/mol. The molecule has 0 saturated carbocycles. The lowest BCUT2D eigenvalue weighted by atomic mass is 9.91. The fourth-order valence-corrected chi connectivity index (χ4v) is 13.8. The van der Waals surface area contributed by atoms with Crippen molar-refractivity contribution in [1.29, 1.82) is 0 Å². The van der Waals surface area contributed by atoms with E-state index < -0.39 is 0 Å². The second-order valence-corrected chi connectivity index (χ2v) is 21.7. The van der Waals surface area contributed by atoms with Gasteiger partial charge in [-0.25, -0.2) is 4.98 Å². The number of hydrogen-bond donors (Lipinski definition) is 0. The lowest BCUT2D eigenvalue weighted by Gasteiger charge is -2.16. The molecule has 0 aliphatic rings. The standard InChI is InChI=1S/C77H45N3O/c1-3-19-56-52(15-1)54-17-5-7-21-58(54)65-39-48(29-34-60(56)65)50-43-70(49-30-35-61-57-20-4-2-16-53(57)55-18-6-8-22-59(55)66(61)42-49)78-77(44-50)80-72-27-13-10-24-63(72)68-41-47(32-37-74(68)80)46-31-36-73-67(40-46)62-23-9-12-26-71(62)79(73)51-33-38-76-69(45-51)64-25-11-14-28-75(64)81-76/h1-45H. The van der Waals surface area contributed by atoms with E-state index >= 15 is 0 Å². The summed E-state index contributed by atoms with van der Waals surface area (Å²) in [6.45, 7) is 0. The Bertz CT molecular complexity index is 5490. The zero-order chi connectivity index (χ0) is 52.9. The minimum absolute atomic E-state index is 0.865. The van der Waals surface area contributed by atoms with E-state index in [1.54, 1.807) is 0 Å². The van der Waals surface area contributed by atoms with Gasteiger partial charge < -0.3 is 8.98 Å². The first-order chi connectivity index (χ1) is 40.1. The maximum atomic E-state index is 6.25. The molecule has 0 N–H and O–H groups in total. The monoisotopic (exact) mass is 1030 g/mol. The molecule has 374 valence electrons. The summed E-state index contributed by atoms with van der Waals surface area (Å²) < 4.78 is 11.0. The van der Waals surface area contributed by atoms with E-state index in [9.17, 15) is 0 Å². The molecule has 0 bridgehead atoms. The fraction of sp³-hybridized carbons (Fsp3) is 0. The summed E-state index contributed by atoms with van der Waals surface area (Å²) >= 11 is 0. The van der Waals surface area contributed by atoms with Crippen LogP contribution in [0.25, 0.3) is 175 Å². The molecule has 0 spiro atoms. The fourth-order valence-electron chi connectivity index (χ4n) is 13.8. The highest BCUT2D eigenvalue weighted by molar-refractivity contribution is 6.27. The summed E-state index contributed by atoms with van der Waals surface area (Å²) in [6, 6.07) is 100. The number of fused-ring (bicyclic) bond motifs is 21. The highest BCUT2D eigenvalue weighted by atomic mass is 16.3. The van der Waals surface area contributed by atoms with E-state index in [-0.39, 0.29) is 0 Å². The molecule has 0 saturated heterocycles. The molecule has 0 radical (unpaired) electrons. The maximum absolute atomic E-state index is 6.25. The molecule has 18 aromatic rings. The number of hydrogen-bond acceptors (Lipinski definition) is 2. The van der Waals surface area contributed by atoms with Gasteiger partial charge in [0.25, 0.3) is 0 Å². The Morgan fingerprint density at radius 3 is 1.17 bits per heavy atom. The number of furan rings is 1. The molecule has 18 rings (SSSR count). The van der Waals surface area contributed by atoms with Crippen LogP contribution in [0.1, 0.15) is 0 Å². The topological polar surface area (TPSA) is 35.9 Å². The molecule has 0 atom stereocenters. The maximum Gasteiger partial charge on any atom is 0.138 e. The third-order valence-electron chi connectivity index (χ3n) is 17.5. The van der Waals surface area contributed by atoms with Crippen molar-refractivity contribution in [2.75, 3.05) is 0 Å². The molecular weight excluding hydrogens is 983 g/mol. The van der Waals surface area contributed by atoms with E-state index in [1.807, 2.05) is 12.1 Å². The van der Waals surface area contributed by atoms with E-state index in [2.05, 4.69) is 270 Å². The molecule has 4 heteroatoms. The van der Waals surface area contributed by atoms with Crippen molar-refractivity contribution < 1.29 is 4.42 Å². The van der Waals surface area contributed by atoms with Crippen LogP contribution >= 0.6 is 0 Å². The molecule has 0 unspecified atom stereocenters. The van der Waals surface area contributed by atoms with Crippen molar-refractivity contribution in [3.05, 3.63) is 273 Å². The van der Waals surface area contributed by atoms with E-state index in [1.165, 1.54) is 91.7 Å². The van der Waals surface area contributed by atoms with Crippen molar-refractivity contribution in [2.45, 2.75) is 0 Å². The average Bonchev–Trinajstić information content (AvgIpc) is 4.28. The van der Waals surface area contributed by atoms with Crippen molar-refractivity contribution in [3.8, 4) is 45.0 Å². The number of para-hydroxylation sites is 3. The summed E-state index contributed by atoms with van der Waals surface area (Å²) in [5.41, 5.74) is 14.0. The van der Waals surface area contributed by atoms with Crippen LogP contribution in [0.3, 0.4) is 0 Å². The van der Waals surface area contributed by atoms with Crippen LogP contribution < -0.4 is 0 Å². The lowest BCUT2D eigenvalue weighted by Crippen LogP contribution is -2.00. The van der Waals surface area contributed by atoms with Crippen molar-refractivity contribution in [3.63, 3.8) is 0 Å². The highest BCUT2D eigenvalue weighted by Crippen LogP contribution is 2.44. The smallest absolute Gasteiger partial charge is 0.138 e. The summed E-state index contributed by atoms with van der Waals surface area (Å²) in [6.07, 6.45) is 0. The van der Waals surface area contributed by atoms with Crippen molar-refractivity contribution >= 4 is 130 Å². The number of benzene rings is 14. The summed E-state index contributed by atoms with van der Waals surface area (Å²) in [5, 5.41) is 22.0. The van der Waals surface area contributed by atoms with Crippen molar-refractivity contribution in [2.24, 2.45) is 0 Å². The van der Waals surface area contributed by atoms with Gasteiger partial charge in [-0.15, -0.1) is 0 Å². The Balaban J connectivity index is 0.834. The quantitative estimate of drug-likeness (QED) is 0.161. The Kier molecular flexibility index (Phi) is 9.19. The second kappa shape index (κ2) is 16.8. The van der Waals surface area contributed by atoms with Gasteiger partial charge in [-0.1, -0.05) is 188 Å². The SMILES string of the molecule is c1ccc2c(c1)oc1ccc(-n3c4ccccc4c4cc(-c5ccc6c(c5)c5ccccc5n6-c5cc(-c6ccc7c8ccccc8c8ccccc8c7c6)cc(-c6ccc7c8ccccc8c8ccccc8c7c6)n5)ccc43)cc12. The molecule has 0 aliphatic heterocycles. The van der Waals surface area contributed by atoms with Crippen molar-refractivity contribution in [1.82, 2.24) is 14.1 Å². The highest BCUT2D eigenvalue weighted by Gasteiger charge is 2.21. The van der Waals surface area contributed by atoms with E-state index in [4.69, 9.17) is 9.40 Å². The van der Waals surface area contributed by atoms with Crippen LogP contribution in [0.15, 0.2) is 277 Å². The normalized spacial score (nSPS) is 12.2. The second-order valence-electron chi connectivity index (χ2n) is 21.7. The first kappa shape index (κ1) is 44.2. The third-order valence-corrected chi connectivity index (χ3v) is 17.5. The molecular formula is C77H45N3O. The van der Waals surface area contributed by atoms with Gasteiger partial charge in [0.05, 0.1) is 27.8 Å². The van der Waals surface area contributed by atoms with Gasteiger partial charge in [0.1, 0.15) is 17.0 Å². The zero-order valence-corrected chi connectivity index (χ0v) is 43.7. The zero-order valence-electron chi connectivity index (χ0n) is 43.7. The molecule has 4 heterocycles. The Morgan fingerprint density at radius 1 is 0.222 bits per heavy atom. The first-order valence-electron chi connectivity index (χ1n) is 27.8. The minimum atomic E-state index is 0.865. The van der Waals surface area contributed by atoms with Gasteiger partial charge in [-0.05, 0) is 172 Å². The van der Waals surface area contributed by atoms with Gasteiger partial charge in [-0.2, -0.15) is 0 Å². The lowest BCUT2D eigenvalue weighted by molar-refractivity contribution is 0.669. The van der Waals surface area contributed by atoms with Crippen LogP contribution in [0, 0.1) is 0 Å². The Hall–Kier alpha value is -10.8. The molecule has 0 fully saturated rings. The number of pyridine rings is 1. The number of aromatic nitrogens is 3. The van der Waals surface area contributed by atoms with Gasteiger partial charge in [0.15, 0.2) is 0 Å². The molecule has 4 aromatic heterocycles. The number of nitrogens with zero attached hydrogens (tertiary/aromatic N) is 3. The van der Waals surface area contributed by atoms with Crippen LogP contribution in [0.2, 0.25) is 0 Å². The third kappa shape index (κ3) is 6.50. The summed E-state index contributed by atoms with van der Waals surface area (Å²) in [5.74, 6) is 0.865. The van der Waals surface area contributed by atoms with Gasteiger partial charge in [0, 0.05) is 43.6 Å². The summed E-state index contributed by atoms with van der Waals surface area (Å²) in [4.78, 5) is 5.73. The van der Waals surface area contributed by atoms with Crippen LogP contribution in [-0.2, 0) is 0 Å².